The molecule has 8 nitrogen and oxygen atoms in total. The van der Waals surface area contributed by atoms with E-state index >= 15 is 0 Å². The van der Waals surface area contributed by atoms with Gasteiger partial charge in [0.2, 0.25) is 0 Å². The van der Waals surface area contributed by atoms with Crippen LogP contribution in [0.3, 0.4) is 0 Å². The number of hydrogen-bond acceptors (Lipinski definition) is 8. The second-order valence-corrected chi connectivity index (χ2v) is 5.58. The minimum absolute atomic E-state index is 0.0780. The molecule has 1 fully saturated rings. The maximum Gasteiger partial charge on any atom is 0.160 e. The number of hydrogen-bond donors (Lipinski definition) is 6. The molecule has 6 N–H and O–H groups in total. The SMILES string of the molecule is COc1cc(C(O)C[C@H]2C(O)O[C@H](CO)[C@H](O)[C@@H]2O)ccc1O. The third-order valence-corrected chi connectivity index (χ3v) is 4.11. The Morgan fingerprint density at radius 3 is 2.52 bits per heavy atom. The monoisotopic (exact) mass is 330 g/mol. The molecule has 1 aromatic rings. The van der Waals surface area contributed by atoms with E-state index in [1.54, 1.807) is 0 Å². The van der Waals surface area contributed by atoms with Crippen LogP contribution in [0.5, 0.6) is 11.5 Å². The number of rotatable bonds is 5. The first-order chi connectivity index (χ1) is 10.9. The summed E-state index contributed by atoms with van der Waals surface area (Å²) >= 11 is 0. The lowest BCUT2D eigenvalue weighted by Gasteiger charge is -2.40. The molecule has 0 aromatic heterocycles. The highest BCUT2D eigenvalue weighted by Gasteiger charge is 2.44. The molecule has 8 heteroatoms. The number of methoxy groups -OCH3 is 1. The molecule has 23 heavy (non-hydrogen) atoms. The van der Waals surface area contributed by atoms with Crippen LogP contribution in [0.15, 0.2) is 18.2 Å². The van der Waals surface area contributed by atoms with Crippen molar-refractivity contribution in [2.45, 2.75) is 37.1 Å². The van der Waals surface area contributed by atoms with Crippen LogP contribution in [0.1, 0.15) is 18.1 Å². The van der Waals surface area contributed by atoms with E-state index in [1.807, 2.05) is 0 Å². The molecule has 0 radical (unpaired) electrons. The van der Waals surface area contributed by atoms with Crippen LogP contribution in [-0.2, 0) is 4.74 Å². The first kappa shape index (κ1) is 17.9. The Labute approximate surface area is 133 Å². The maximum atomic E-state index is 10.3. The standard InChI is InChI=1S/C15H22O8/c1-22-11-4-7(2-3-9(11)17)10(18)5-8-13(19)14(20)12(6-16)23-15(8)21/h2-4,8,10,12-21H,5-6H2,1H3/t8-,10?,12-,13-,14+,15?/m1/s1. The van der Waals surface area contributed by atoms with Crippen LogP contribution in [0.2, 0.25) is 0 Å². The minimum Gasteiger partial charge on any atom is -0.504 e. The highest BCUT2D eigenvalue weighted by molar-refractivity contribution is 5.42. The molecule has 1 heterocycles. The maximum absolute atomic E-state index is 10.3. The van der Waals surface area contributed by atoms with Crippen LogP contribution >= 0.6 is 0 Å². The van der Waals surface area contributed by atoms with Crippen LogP contribution in [0, 0.1) is 5.92 Å². The summed E-state index contributed by atoms with van der Waals surface area (Å²) in [6, 6.07) is 4.28. The fraction of sp³-hybridized carbons (Fsp3) is 0.600. The van der Waals surface area contributed by atoms with Gasteiger partial charge in [-0.2, -0.15) is 0 Å². The largest absolute Gasteiger partial charge is 0.504 e. The predicted molar refractivity (Wildman–Crippen MR) is 77.7 cm³/mol. The number of phenolic OH excluding ortho intramolecular Hbond substituents is 1. The van der Waals surface area contributed by atoms with Crippen LogP contribution in [0.4, 0.5) is 0 Å². The second kappa shape index (κ2) is 7.43. The van der Waals surface area contributed by atoms with Crippen LogP contribution in [-0.4, -0.2) is 69.0 Å². The Morgan fingerprint density at radius 2 is 1.91 bits per heavy atom. The van der Waals surface area contributed by atoms with Gasteiger partial charge in [0.15, 0.2) is 17.8 Å². The number of phenols is 1. The van der Waals surface area contributed by atoms with E-state index in [0.717, 1.165) is 0 Å². The van der Waals surface area contributed by atoms with Crippen molar-refractivity contribution in [3.05, 3.63) is 23.8 Å². The third-order valence-electron chi connectivity index (χ3n) is 4.11. The highest BCUT2D eigenvalue weighted by atomic mass is 16.6. The average molecular weight is 330 g/mol. The van der Waals surface area contributed by atoms with Gasteiger partial charge < -0.3 is 40.1 Å². The zero-order valence-corrected chi connectivity index (χ0v) is 12.6. The Hall–Kier alpha value is -1.42. The minimum atomic E-state index is -1.43. The van der Waals surface area contributed by atoms with Crippen molar-refractivity contribution >= 4 is 0 Å². The van der Waals surface area contributed by atoms with Crippen molar-refractivity contribution in [2.75, 3.05) is 13.7 Å². The summed E-state index contributed by atoms with van der Waals surface area (Å²) < 4.78 is 10.0. The number of benzene rings is 1. The summed E-state index contributed by atoms with van der Waals surface area (Å²) in [5, 5.41) is 58.7. The summed E-state index contributed by atoms with van der Waals surface area (Å²) in [5.74, 6) is -0.837. The lowest BCUT2D eigenvalue weighted by atomic mass is 9.85. The highest BCUT2D eigenvalue weighted by Crippen LogP contribution is 2.35. The van der Waals surface area contributed by atoms with Crippen molar-refractivity contribution in [2.24, 2.45) is 5.92 Å². The average Bonchev–Trinajstić information content (AvgIpc) is 2.55. The number of ether oxygens (including phenoxy) is 2. The van der Waals surface area contributed by atoms with Gasteiger partial charge in [-0.25, -0.2) is 0 Å². The molecule has 1 saturated heterocycles. The van der Waals surface area contributed by atoms with Crippen molar-refractivity contribution in [3.8, 4) is 11.5 Å². The fourth-order valence-electron chi connectivity index (χ4n) is 2.70. The first-order valence-corrected chi connectivity index (χ1v) is 7.24. The molecule has 1 aliphatic rings. The molecular weight excluding hydrogens is 308 g/mol. The topological polar surface area (TPSA) is 140 Å². The second-order valence-electron chi connectivity index (χ2n) is 5.58. The van der Waals surface area contributed by atoms with E-state index in [4.69, 9.17) is 14.6 Å². The molecule has 0 bridgehead atoms. The van der Waals surface area contributed by atoms with Gasteiger partial charge >= 0.3 is 0 Å². The Morgan fingerprint density at radius 1 is 1.22 bits per heavy atom. The first-order valence-electron chi connectivity index (χ1n) is 7.24. The van der Waals surface area contributed by atoms with E-state index < -0.39 is 43.2 Å². The van der Waals surface area contributed by atoms with Gasteiger partial charge in [-0.1, -0.05) is 6.07 Å². The Bertz CT molecular complexity index is 522. The fourth-order valence-corrected chi connectivity index (χ4v) is 2.70. The molecular formula is C15H22O8. The number of aliphatic hydroxyl groups is 5. The lowest BCUT2D eigenvalue weighted by molar-refractivity contribution is -0.273. The van der Waals surface area contributed by atoms with Crippen LogP contribution in [0.25, 0.3) is 0 Å². The molecule has 2 rings (SSSR count). The number of aliphatic hydroxyl groups excluding tert-OH is 5. The normalized spacial score (nSPS) is 32.5. The summed E-state index contributed by atoms with van der Waals surface area (Å²) in [7, 11) is 1.37. The molecule has 0 amide bonds. The van der Waals surface area contributed by atoms with Crippen LogP contribution < -0.4 is 4.74 Å². The molecule has 1 aliphatic heterocycles. The van der Waals surface area contributed by atoms with Gasteiger partial charge in [0, 0.05) is 5.92 Å². The zero-order chi connectivity index (χ0) is 17.1. The van der Waals surface area contributed by atoms with Crippen molar-refractivity contribution in [1.29, 1.82) is 0 Å². The van der Waals surface area contributed by atoms with Gasteiger partial charge in [-0.05, 0) is 24.1 Å². The van der Waals surface area contributed by atoms with Gasteiger partial charge in [0.05, 0.1) is 25.9 Å². The van der Waals surface area contributed by atoms with Gasteiger partial charge in [0.1, 0.15) is 12.2 Å². The van der Waals surface area contributed by atoms with E-state index in [0.29, 0.717) is 5.56 Å². The zero-order valence-electron chi connectivity index (χ0n) is 12.6. The number of aromatic hydroxyl groups is 1. The summed E-state index contributed by atoms with van der Waals surface area (Å²) in [6.07, 6.45) is -6.41. The molecule has 0 aliphatic carbocycles. The summed E-state index contributed by atoms with van der Waals surface area (Å²) in [5.41, 5.74) is 0.415. The molecule has 6 atom stereocenters. The Balaban J connectivity index is 2.11. The van der Waals surface area contributed by atoms with E-state index in [2.05, 4.69) is 0 Å². The van der Waals surface area contributed by atoms with Gasteiger partial charge in [-0.3, -0.25) is 0 Å². The molecule has 0 spiro atoms. The van der Waals surface area contributed by atoms with Crippen molar-refractivity contribution in [1.82, 2.24) is 0 Å². The van der Waals surface area contributed by atoms with Crippen molar-refractivity contribution in [3.63, 3.8) is 0 Å². The molecule has 0 saturated carbocycles. The Kier molecular flexibility index (Phi) is 5.79. The smallest absolute Gasteiger partial charge is 0.160 e. The molecule has 130 valence electrons. The van der Waals surface area contributed by atoms with E-state index in [-0.39, 0.29) is 17.9 Å². The third kappa shape index (κ3) is 3.74. The lowest BCUT2D eigenvalue weighted by Crippen LogP contribution is -2.55. The van der Waals surface area contributed by atoms with Gasteiger partial charge in [0.25, 0.3) is 0 Å². The molecule has 1 aromatic carbocycles. The van der Waals surface area contributed by atoms with E-state index in [1.165, 1.54) is 25.3 Å². The summed E-state index contributed by atoms with van der Waals surface area (Å²) in [6.45, 7) is -0.542. The predicted octanol–water partition coefficient (Wildman–Crippen LogP) is -1.13. The van der Waals surface area contributed by atoms with Crippen molar-refractivity contribution < 1.29 is 40.1 Å². The summed E-state index contributed by atoms with van der Waals surface area (Å²) in [4.78, 5) is 0. The van der Waals surface area contributed by atoms with Gasteiger partial charge in [-0.15, -0.1) is 0 Å². The molecule has 2 unspecified atom stereocenters. The quantitative estimate of drug-likeness (QED) is 0.399. The van der Waals surface area contributed by atoms with E-state index in [9.17, 15) is 25.5 Å².